The van der Waals surface area contributed by atoms with Gasteiger partial charge in [-0.25, -0.2) is 4.79 Å². The topological polar surface area (TPSA) is 104 Å². The number of carbonyl (C=O) groups is 1. The molecule has 142 valence electrons. The van der Waals surface area contributed by atoms with Gasteiger partial charge in [-0.2, -0.15) is 18.4 Å². The number of benzene rings is 1. The molecule has 0 aliphatic carbocycles. The van der Waals surface area contributed by atoms with Crippen molar-refractivity contribution in [2.75, 3.05) is 18.4 Å². The van der Waals surface area contributed by atoms with E-state index in [-0.39, 0.29) is 28.8 Å². The lowest BCUT2D eigenvalue weighted by atomic mass is 10.1. The maximum Gasteiger partial charge on any atom is 0.418 e. The number of halogens is 3. The molecule has 0 spiro atoms. The maximum absolute atomic E-state index is 13.2. The minimum Gasteiger partial charge on any atom is -0.351 e. The van der Waals surface area contributed by atoms with Gasteiger partial charge in [-0.1, -0.05) is 12.1 Å². The highest BCUT2D eigenvalue weighted by Gasteiger charge is 2.34. The van der Waals surface area contributed by atoms with Crippen LogP contribution in [0.25, 0.3) is 0 Å². The van der Waals surface area contributed by atoms with Crippen molar-refractivity contribution in [3.8, 4) is 6.07 Å². The van der Waals surface area contributed by atoms with Gasteiger partial charge in [0.2, 0.25) is 0 Å². The van der Waals surface area contributed by atoms with E-state index in [1.165, 1.54) is 27.1 Å². The average Bonchev–Trinajstić information content (AvgIpc) is 3.19. The molecule has 27 heavy (non-hydrogen) atoms. The molecule has 2 heterocycles. The predicted molar refractivity (Wildman–Crippen MR) is 92.8 cm³/mol. The number of nitrogens with one attached hydrogen (secondary N) is 1. The molecule has 1 aromatic carbocycles. The van der Waals surface area contributed by atoms with Gasteiger partial charge in [0, 0.05) is 13.1 Å². The Morgan fingerprint density at radius 2 is 2.07 bits per heavy atom. The van der Waals surface area contributed by atoms with E-state index in [9.17, 15) is 28.0 Å². The molecule has 0 unspecified atom stereocenters. The van der Waals surface area contributed by atoms with E-state index in [1.54, 1.807) is 6.07 Å². The Hall–Kier alpha value is -3.00. The van der Waals surface area contributed by atoms with Crippen LogP contribution >= 0.6 is 11.5 Å². The minimum atomic E-state index is -4.59. The number of hydrogen-bond donors (Lipinski definition) is 2. The summed E-state index contributed by atoms with van der Waals surface area (Å²) in [5.41, 5.74) is 3.20. The van der Waals surface area contributed by atoms with E-state index in [0.717, 1.165) is 17.6 Å². The van der Waals surface area contributed by atoms with Crippen LogP contribution in [-0.4, -0.2) is 28.0 Å². The third-order valence-corrected chi connectivity index (χ3v) is 5.38. The Bertz CT molecular complexity index is 976. The second-order valence-corrected chi connectivity index (χ2v) is 6.92. The molecule has 2 amide bonds. The number of likely N-dealkylation sites (tertiary alicyclic amines) is 1. The minimum absolute atomic E-state index is 0.0247. The number of amides is 2. The smallest absolute Gasteiger partial charge is 0.351 e. The van der Waals surface area contributed by atoms with Gasteiger partial charge in [-0.3, -0.25) is 8.75 Å². The van der Waals surface area contributed by atoms with Crippen molar-refractivity contribution in [3.05, 3.63) is 45.7 Å². The fraction of sp³-hybridized carbons (Fsp3) is 0.312. The molecule has 1 aliphatic rings. The molecule has 0 radical (unpaired) electrons. The Balaban J connectivity index is 1.96. The lowest BCUT2D eigenvalue weighted by Crippen LogP contribution is -2.34. The molecule has 7 nitrogen and oxygen atoms in total. The number of anilines is 2. The van der Waals surface area contributed by atoms with Gasteiger partial charge in [-0.05, 0) is 30.1 Å². The van der Waals surface area contributed by atoms with E-state index < -0.39 is 23.3 Å². The Labute approximate surface area is 155 Å². The first-order chi connectivity index (χ1) is 12.7. The quantitative estimate of drug-likeness (QED) is 0.831. The average molecular weight is 397 g/mol. The number of urea groups is 1. The van der Waals surface area contributed by atoms with Gasteiger partial charge in [0.05, 0.1) is 17.3 Å². The monoisotopic (exact) mass is 397 g/mol. The van der Waals surface area contributed by atoms with Gasteiger partial charge in [0.15, 0.2) is 5.56 Å². The summed E-state index contributed by atoms with van der Waals surface area (Å²) < 4.78 is 40.8. The number of primary amides is 1. The fourth-order valence-electron chi connectivity index (χ4n) is 2.91. The van der Waals surface area contributed by atoms with E-state index in [1.807, 2.05) is 0 Å². The fourth-order valence-corrected chi connectivity index (χ4v) is 3.98. The molecule has 3 N–H and O–H groups in total. The van der Waals surface area contributed by atoms with Crippen molar-refractivity contribution in [2.24, 2.45) is 5.73 Å². The zero-order valence-electron chi connectivity index (χ0n) is 13.8. The molecule has 1 aromatic heterocycles. The van der Waals surface area contributed by atoms with Crippen molar-refractivity contribution in [1.82, 2.24) is 8.86 Å². The van der Waals surface area contributed by atoms with Crippen LogP contribution in [0.3, 0.4) is 0 Å². The Morgan fingerprint density at radius 1 is 1.37 bits per heavy atom. The van der Waals surface area contributed by atoms with E-state index in [0.29, 0.717) is 13.0 Å². The number of nitrogens with two attached hydrogens (primary N) is 1. The summed E-state index contributed by atoms with van der Waals surface area (Å²) in [5, 5.41) is 11.9. The summed E-state index contributed by atoms with van der Waals surface area (Å²) in [4.78, 5) is 25.1. The molecule has 1 aliphatic heterocycles. The van der Waals surface area contributed by atoms with Crippen LogP contribution in [0.2, 0.25) is 0 Å². The number of nitriles is 1. The van der Waals surface area contributed by atoms with Crippen molar-refractivity contribution in [3.63, 3.8) is 0 Å². The third kappa shape index (κ3) is 3.61. The van der Waals surface area contributed by atoms with Crippen molar-refractivity contribution < 1.29 is 18.0 Å². The first-order valence-electron chi connectivity index (χ1n) is 7.86. The van der Waals surface area contributed by atoms with Crippen LogP contribution in [0, 0.1) is 11.3 Å². The van der Waals surface area contributed by atoms with Crippen LogP contribution in [0.5, 0.6) is 0 Å². The standard InChI is InChI=1S/C16H14F3N5O2S/c17-16(18,19)11-3-1-2-4-12(11)22-13-10(7-20)14(25)24(27-13)9-5-6-23(8-9)15(21)26/h1-4,9,22H,5-6,8H2,(H2,21,26)/t9-/m1/s1. The number of para-hydroxylation sites is 1. The summed E-state index contributed by atoms with van der Waals surface area (Å²) >= 11 is 0.860. The van der Waals surface area contributed by atoms with E-state index in [2.05, 4.69) is 5.32 Å². The molecule has 1 saturated heterocycles. The summed E-state index contributed by atoms with van der Waals surface area (Å²) in [6, 6.07) is 5.57. The molecule has 0 bridgehead atoms. The number of alkyl halides is 3. The molecular weight excluding hydrogens is 383 g/mol. The number of nitrogens with zero attached hydrogens (tertiary/aromatic N) is 3. The Morgan fingerprint density at radius 3 is 2.67 bits per heavy atom. The lowest BCUT2D eigenvalue weighted by Gasteiger charge is -2.14. The zero-order valence-corrected chi connectivity index (χ0v) is 14.6. The van der Waals surface area contributed by atoms with Gasteiger partial charge >= 0.3 is 12.2 Å². The highest BCUT2D eigenvalue weighted by atomic mass is 32.1. The van der Waals surface area contributed by atoms with Crippen LogP contribution in [0.4, 0.5) is 28.7 Å². The normalized spacial score (nSPS) is 17.0. The molecule has 11 heteroatoms. The van der Waals surface area contributed by atoms with Gasteiger partial charge in [0.1, 0.15) is 11.1 Å². The number of hydrogen-bond acceptors (Lipinski definition) is 5. The summed E-state index contributed by atoms with van der Waals surface area (Å²) in [5.74, 6) is 0. The zero-order chi connectivity index (χ0) is 19.8. The Kier molecular flexibility index (Phi) is 4.84. The largest absolute Gasteiger partial charge is 0.418 e. The third-order valence-electron chi connectivity index (χ3n) is 4.23. The van der Waals surface area contributed by atoms with E-state index >= 15 is 0 Å². The summed E-state index contributed by atoms with van der Waals surface area (Å²) in [6.07, 6.45) is -4.12. The number of aromatic nitrogens is 1. The molecule has 0 saturated carbocycles. The highest BCUT2D eigenvalue weighted by molar-refractivity contribution is 7.11. The molecule has 2 aromatic rings. The lowest BCUT2D eigenvalue weighted by molar-refractivity contribution is -0.136. The summed E-state index contributed by atoms with van der Waals surface area (Å²) in [7, 11) is 0. The van der Waals surface area contributed by atoms with Gasteiger partial charge in [-0.15, -0.1) is 0 Å². The van der Waals surface area contributed by atoms with Crippen molar-refractivity contribution in [1.29, 1.82) is 5.26 Å². The first kappa shape index (κ1) is 18.8. The van der Waals surface area contributed by atoms with E-state index in [4.69, 9.17) is 5.73 Å². The maximum atomic E-state index is 13.2. The van der Waals surface area contributed by atoms with Gasteiger partial charge in [0.25, 0.3) is 5.56 Å². The van der Waals surface area contributed by atoms with Crippen molar-refractivity contribution in [2.45, 2.75) is 18.6 Å². The SMILES string of the molecule is N#Cc1c(Nc2ccccc2C(F)(F)F)sn([C@@H]2CCN(C(N)=O)C2)c1=O. The predicted octanol–water partition coefficient (Wildman–Crippen LogP) is 2.87. The molecule has 1 fully saturated rings. The summed E-state index contributed by atoms with van der Waals surface area (Å²) in [6.45, 7) is 0.574. The molecular formula is C16H14F3N5O2S. The molecule has 3 rings (SSSR count). The number of rotatable bonds is 3. The van der Waals surface area contributed by atoms with Gasteiger partial charge < -0.3 is 16.0 Å². The highest BCUT2D eigenvalue weighted by Crippen LogP contribution is 2.37. The van der Waals surface area contributed by atoms with Crippen LogP contribution in [-0.2, 0) is 6.18 Å². The second kappa shape index (κ2) is 6.96. The van der Waals surface area contributed by atoms with Crippen molar-refractivity contribution >= 4 is 28.3 Å². The second-order valence-electron chi connectivity index (χ2n) is 5.93. The van der Waals surface area contributed by atoms with Crippen LogP contribution < -0.4 is 16.6 Å². The first-order valence-corrected chi connectivity index (χ1v) is 8.63. The molecule has 1 atom stereocenters. The number of carbonyl (C=O) groups excluding carboxylic acids is 1. The van der Waals surface area contributed by atoms with Crippen LogP contribution in [0.1, 0.15) is 23.6 Å². The van der Waals surface area contributed by atoms with Crippen LogP contribution in [0.15, 0.2) is 29.1 Å².